The number of rotatable bonds is 3. The van der Waals surface area contributed by atoms with Crippen LogP contribution in [0.4, 0.5) is 0 Å². The molecule has 1 unspecified atom stereocenters. The number of hydrogen-bond acceptors (Lipinski definition) is 2. The molecule has 2 radical (unpaired) electrons. The van der Waals surface area contributed by atoms with Gasteiger partial charge in [-0.15, -0.1) is 0 Å². The molecule has 1 atom stereocenters. The van der Waals surface area contributed by atoms with Crippen LogP contribution in [0.5, 0.6) is 0 Å². The van der Waals surface area contributed by atoms with E-state index >= 15 is 0 Å². The Morgan fingerprint density at radius 3 is 2.29 bits per heavy atom. The summed E-state index contributed by atoms with van der Waals surface area (Å²) in [6.07, 6.45) is 1.53. The van der Waals surface area contributed by atoms with Gasteiger partial charge in [0.15, 0.2) is 0 Å². The van der Waals surface area contributed by atoms with E-state index in [2.05, 4.69) is 0 Å². The topological polar surface area (TPSA) is 40.5 Å². The van der Waals surface area contributed by atoms with Crippen molar-refractivity contribution in [2.75, 3.05) is 6.61 Å². The summed E-state index contributed by atoms with van der Waals surface area (Å²) >= 11 is 0.650. The summed E-state index contributed by atoms with van der Waals surface area (Å²) in [7, 11) is 0. The molecule has 0 saturated carbocycles. The van der Waals surface area contributed by atoms with E-state index in [0.717, 1.165) is 12.8 Å². The van der Waals surface area contributed by atoms with Gasteiger partial charge in [0.25, 0.3) is 0 Å². The van der Waals surface area contributed by atoms with Gasteiger partial charge in [0, 0.05) is 0 Å². The van der Waals surface area contributed by atoms with Crippen molar-refractivity contribution in [2.45, 2.75) is 16.5 Å². The Kier molecular flexibility index (Phi) is 5.59. The molecule has 0 aromatic carbocycles. The molecule has 0 aromatic rings. The van der Waals surface area contributed by atoms with Crippen molar-refractivity contribution in [3.8, 4) is 0 Å². The average molecular weight is 297 g/mol. The molecule has 0 aliphatic carbocycles. The van der Waals surface area contributed by atoms with Crippen LogP contribution in [-0.2, 0) is 0 Å². The Morgan fingerprint density at radius 1 is 1.57 bits per heavy atom. The number of hydrogen-bond donors (Lipinski definition) is 2. The Morgan fingerprint density at radius 2 is 2.14 bits per heavy atom. The standard InChI is InChI=1S/C4H9O2.Pb.H/c5-3-1-2-4-6;;/h3,5-6H,1-2,4H2;;. The van der Waals surface area contributed by atoms with Crippen molar-refractivity contribution < 1.29 is 10.2 Å². The van der Waals surface area contributed by atoms with Crippen LogP contribution in [0.3, 0.4) is 0 Å². The molecule has 0 amide bonds. The van der Waals surface area contributed by atoms with Crippen LogP contribution >= 0.6 is 0 Å². The van der Waals surface area contributed by atoms with E-state index in [1.165, 1.54) is 0 Å². The van der Waals surface area contributed by atoms with Crippen molar-refractivity contribution >= 4 is 25.8 Å². The van der Waals surface area contributed by atoms with Gasteiger partial charge >= 0.3 is 59.1 Å². The SMILES string of the molecule is OCCC[CH](O)[PbH]. The van der Waals surface area contributed by atoms with Gasteiger partial charge in [0.1, 0.15) is 0 Å². The molecule has 0 fully saturated rings. The van der Waals surface area contributed by atoms with Crippen molar-refractivity contribution in [2.24, 2.45) is 0 Å². The van der Waals surface area contributed by atoms with Gasteiger partial charge < -0.3 is 0 Å². The fourth-order valence-electron chi connectivity index (χ4n) is 0.300. The second kappa shape index (κ2) is 4.99. The summed E-state index contributed by atoms with van der Waals surface area (Å²) < 4.78 is -0.0906. The Balaban J connectivity index is 2.68. The molecule has 0 aliphatic rings. The van der Waals surface area contributed by atoms with Gasteiger partial charge in [0.05, 0.1) is 0 Å². The Labute approximate surface area is 59.2 Å². The molecule has 0 spiro atoms. The maximum absolute atomic E-state index is 8.65. The first-order valence-corrected chi connectivity index (χ1v) is 4.91. The molecule has 0 heterocycles. The van der Waals surface area contributed by atoms with Crippen LogP contribution in [0.15, 0.2) is 0 Å². The fraction of sp³-hybridized carbons (Fsp3) is 1.00. The second-order valence-corrected chi connectivity index (χ2v) is 4.42. The normalized spacial score (nSPS) is 14.1. The molecule has 2 N–H and O–H groups in total. The van der Waals surface area contributed by atoms with E-state index in [4.69, 9.17) is 10.2 Å². The van der Waals surface area contributed by atoms with Gasteiger partial charge in [0.2, 0.25) is 0 Å². The third kappa shape index (κ3) is 6.84. The van der Waals surface area contributed by atoms with Crippen molar-refractivity contribution in [3.05, 3.63) is 0 Å². The predicted molar refractivity (Wildman–Crippen MR) is 29.5 cm³/mol. The summed E-state index contributed by atoms with van der Waals surface area (Å²) in [5, 5.41) is 16.9. The average Bonchev–Trinajstić information content (AvgIpc) is 1.61. The first-order chi connectivity index (χ1) is 3.27. The van der Waals surface area contributed by atoms with E-state index in [1.54, 1.807) is 0 Å². The van der Waals surface area contributed by atoms with Gasteiger partial charge in [-0.25, -0.2) is 0 Å². The zero-order chi connectivity index (χ0) is 5.70. The van der Waals surface area contributed by atoms with Gasteiger partial charge in [-0.2, -0.15) is 0 Å². The van der Waals surface area contributed by atoms with E-state index in [0.29, 0.717) is 25.8 Å². The van der Waals surface area contributed by atoms with Crippen LogP contribution in [-0.4, -0.2) is 46.3 Å². The van der Waals surface area contributed by atoms with Crippen molar-refractivity contribution in [1.29, 1.82) is 0 Å². The van der Waals surface area contributed by atoms with E-state index in [-0.39, 0.29) is 10.3 Å². The van der Waals surface area contributed by atoms with Crippen molar-refractivity contribution in [1.82, 2.24) is 0 Å². The zero-order valence-corrected chi connectivity index (χ0v) is 8.66. The Hall–Kier alpha value is 0.842. The van der Waals surface area contributed by atoms with Crippen LogP contribution in [0.2, 0.25) is 0 Å². The minimum absolute atomic E-state index is 0.0906. The third-order valence-electron chi connectivity index (χ3n) is 0.658. The molecular formula is C4H10O2Pb. The summed E-state index contributed by atoms with van der Waals surface area (Å²) in [6.45, 7) is 0.212. The monoisotopic (exact) mass is 298 g/mol. The van der Waals surface area contributed by atoms with Crippen LogP contribution in [0.25, 0.3) is 0 Å². The maximum atomic E-state index is 8.65. The zero-order valence-electron chi connectivity index (χ0n) is 4.17. The molecule has 0 aromatic heterocycles. The van der Waals surface area contributed by atoms with Crippen LogP contribution < -0.4 is 0 Å². The van der Waals surface area contributed by atoms with Gasteiger partial charge in [-0.05, 0) is 0 Å². The molecule has 3 heteroatoms. The Bertz CT molecular complexity index is 38.7. The molecule has 0 rings (SSSR count). The molecule has 2 nitrogen and oxygen atoms in total. The third-order valence-corrected chi connectivity index (χ3v) is 1.95. The first-order valence-electron chi connectivity index (χ1n) is 2.32. The quantitative estimate of drug-likeness (QED) is 0.655. The summed E-state index contributed by atoms with van der Waals surface area (Å²) in [4.78, 5) is 0. The van der Waals surface area contributed by atoms with E-state index in [1.807, 2.05) is 0 Å². The number of aliphatic hydroxyl groups is 2. The second-order valence-electron chi connectivity index (χ2n) is 1.43. The van der Waals surface area contributed by atoms with Crippen molar-refractivity contribution in [3.63, 3.8) is 0 Å². The van der Waals surface area contributed by atoms with Crippen LogP contribution in [0, 0.1) is 0 Å². The molecule has 7 heavy (non-hydrogen) atoms. The molecule has 42 valence electrons. The van der Waals surface area contributed by atoms with Gasteiger partial charge in [-0.1, -0.05) is 0 Å². The molecule has 0 bridgehead atoms. The summed E-state index contributed by atoms with van der Waals surface area (Å²) in [5.74, 6) is 0. The first kappa shape index (κ1) is 7.84. The number of aliphatic hydroxyl groups excluding tert-OH is 2. The van der Waals surface area contributed by atoms with Gasteiger partial charge in [-0.3, -0.25) is 0 Å². The summed E-state index contributed by atoms with van der Waals surface area (Å²) in [5.41, 5.74) is 0. The van der Waals surface area contributed by atoms with E-state index < -0.39 is 0 Å². The minimum atomic E-state index is -0.0906. The molecular weight excluding hydrogens is 287 g/mol. The summed E-state index contributed by atoms with van der Waals surface area (Å²) in [6, 6.07) is 0. The molecule has 0 aliphatic heterocycles. The molecule has 0 saturated heterocycles. The predicted octanol–water partition coefficient (Wildman–Crippen LogP) is -1.02. The fourth-order valence-corrected chi connectivity index (χ4v) is 1.22. The van der Waals surface area contributed by atoms with E-state index in [9.17, 15) is 0 Å². The van der Waals surface area contributed by atoms with Crippen LogP contribution in [0.1, 0.15) is 12.8 Å².